The van der Waals surface area contributed by atoms with Crippen molar-refractivity contribution in [3.05, 3.63) is 30.1 Å². The smallest absolute Gasteiger partial charge is 0.0897 e. The van der Waals surface area contributed by atoms with Gasteiger partial charge in [0.1, 0.15) is 0 Å². The maximum Gasteiger partial charge on any atom is 0.0897 e. The van der Waals surface area contributed by atoms with Crippen molar-refractivity contribution < 1.29 is 5.11 Å². The Morgan fingerprint density at radius 1 is 1.57 bits per heavy atom. The third-order valence-corrected chi connectivity index (χ3v) is 2.82. The van der Waals surface area contributed by atoms with Crippen molar-refractivity contribution in [1.29, 1.82) is 0 Å². The molecule has 0 bridgehead atoms. The highest BCUT2D eigenvalue weighted by Crippen LogP contribution is 2.25. The molecule has 1 saturated heterocycles. The summed E-state index contributed by atoms with van der Waals surface area (Å²) in [6.45, 7) is 4.51. The maximum absolute atomic E-state index is 9.81. The first-order valence-corrected chi connectivity index (χ1v) is 5.05. The molecule has 1 fully saturated rings. The van der Waals surface area contributed by atoms with Crippen LogP contribution in [0.5, 0.6) is 0 Å². The van der Waals surface area contributed by atoms with E-state index in [1.807, 2.05) is 19.2 Å². The molecule has 0 atom stereocenters. The summed E-state index contributed by atoms with van der Waals surface area (Å²) >= 11 is 0. The molecule has 76 valence electrons. The lowest BCUT2D eigenvalue weighted by Crippen LogP contribution is -2.60. The molecule has 1 aliphatic rings. The van der Waals surface area contributed by atoms with Gasteiger partial charge in [0, 0.05) is 32.0 Å². The summed E-state index contributed by atoms with van der Waals surface area (Å²) in [4.78, 5) is 6.30. The van der Waals surface area contributed by atoms with Gasteiger partial charge >= 0.3 is 0 Å². The predicted octanol–water partition coefficient (Wildman–Crippen LogP) is 1.04. The van der Waals surface area contributed by atoms with Crippen molar-refractivity contribution in [2.45, 2.75) is 25.5 Å². The molecule has 0 aromatic carbocycles. The number of hydrogen-bond acceptors (Lipinski definition) is 3. The largest absolute Gasteiger partial charge is 0.387 e. The Bertz CT molecular complexity index is 293. The lowest BCUT2D eigenvalue weighted by atomic mass is 9.91. The van der Waals surface area contributed by atoms with Gasteiger partial charge in [-0.05, 0) is 18.1 Å². The molecule has 0 amide bonds. The molecule has 0 saturated carbocycles. The number of rotatable bonds is 3. The SMILES string of the molecule is CCC1(O)CN(Cc2cccnc2)C1. The minimum Gasteiger partial charge on any atom is -0.387 e. The lowest BCUT2D eigenvalue weighted by Gasteiger charge is -2.46. The minimum atomic E-state index is -0.428. The maximum atomic E-state index is 9.81. The summed E-state index contributed by atoms with van der Waals surface area (Å²) in [5.41, 5.74) is 0.785. The Balaban J connectivity index is 1.85. The van der Waals surface area contributed by atoms with Crippen LogP contribution >= 0.6 is 0 Å². The Morgan fingerprint density at radius 3 is 2.93 bits per heavy atom. The molecule has 1 aliphatic heterocycles. The van der Waals surface area contributed by atoms with E-state index in [2.05, 4.69) is 16.0 Å². The van der Waals surface area contributed by atoms with Gasteiger partial charge in [0.25, 0.3) is 0 Å². The van der Waals surface area contributed by atoms with E-state index in [1.54, 1.807) is 6.20 Å². The second kappa shape index (κ2) is 3.67. The molecule has 0 radical (unpaired) electrons. The zero-order valence-corrected chi connectivity index (χ0v) is 8.48. The summed E-state index contributed by atoms with van der Waals surface area (Å²) in [7, 11) is 0. The van der Waals surface area contributed by atoms with Gasteiger partial charge in [-0.1, -0.05) is 13.0 Å². The van der Waals surface area contributed by atoms with E-state index in [0.29, 0.717) is 0 Å². The van der Waals surface area contributed by atoms with Gasteiger partial charge in [0.15, 0.2) is 0 Å². The number of hydrogen-bond donors (Lipinski definition) is 1. The standard InChI is InChI=1S/C11H16N2O/c1-2-11(14)8-13(9-11)7-10-4-3-5-12-6-10/h3-6,14H,2,7-9H2,1H3. The Hall–Kier alpha value is -0.930. The molecule has 1 aromatic rings. The van der Waals surface area contributed by atoms with Crippen LogP contribution in [0.1, 0.15) is 18.9 Å². The van der Waals surface area contributed by atoms with Crippen LogP contribution in [0.3, 0.4) is 0 Å². The fourth-order valence-electron chi connectivity index (χ4n) is 1.87. The van der Waals surface area contributed by atoms with Gasteiger partial charge in [0.05, 0.1) is 5.60 Å². The number of nitrogens with zero attached hydrogens (tertiary/aromatic N) is 2. The first-order chi connectivity index (χ1) is 6.72. The fraction of sp³-hybridized carbons (Fsp3) is 0.545. The van der Waals surface area contributed by atoms with E-state index in [9.17, 15) is 5.11 Å². The number of aromatic nitrogens is 1. The number of β-amino-alcohol motifs (C(OH)–C–C–N with tert-alkyl or cyclic N) is 1. The molecule has 1 N–H and O–H groups in total. The zero-order valence-electron chi connectivity index (χ0n) is 8.48. The van der Waals surface area contributed by atoms with Gasteiger partial charge in [0.2, 0.25) is 0 Å². The monoisotopic (exact) mass is 192 g/mol. The first-order valence-electron chi connectivity index (χ1n) is 5.05. The van der Waals surface area contributed by atoms with Crippen LogP contribution in [-0.2, 0) is 6.54 Å². The summed E-state index contributed by atoms with van der Waals surface area (Å²) < 4.78 is 0. The molecule has 0 spiro atoms. The van der Waals surface area contributed by atoms with Crippen molar-refractivity contribution in [2.24, 2.45) is 0 Å². The van der Waals surface area contributed by atoms with Crippen molar-refractivity contribution in [3.63, 3.8) is 0 Å². The highest BCUT2D eigenvalue weighted by atomic mass is 16.3. The molecule has 1 aromatic heterocycles. The van der Waals surface area contributed by atoms with Crippen LogP contribution in [0.25, 0.3) is 0 Å². The third-order valence-electron chi connectivity index (χ3n) is 2.82. The molecular formula is C11H16N2O. The molecular weight excluding hydrogens is 176 g/mol. The Morgan fingerprint density at radius 2 is 2.36 bits per heavy atom. The zero-order chi connectivity index (χ0) is 10.0. The molecule has 0 unspecified atom stereocenters. The summed E-state index contributed by atoms with van der Waals surface area (Å²) in [6.07, 6.45) is 4.50. The minimum absolute atomic E-state index is 0.428. The van der Waals surface area contributed by atoms with Crippen LogP contribution in [0.4, 0.5) is 0 Å². The van der Waals surface area contributed by atoms with E-state index >= 15 is 0 Å². The van der Waals surface area contributed by atoms with Crippen molar-refractivity contribution in [2.75, 3.05) is 13.1 Å². The van der Waals surface area contributed by atoms with Crippen molar-refractivity contribution in [3.8, 4) is 0 Å². The van der Waals surface area contributed by atoms with Crippen molar-refractivity contribution >= 4 is 0 Å². The number of pyridine rings is 1. The molecule has 14 heavy (non-hydrogen) atoms. The van der Waals surface area contributed by atoms with Crippen LogP contribution < -0.4 is 0 Å². The Kier molecular flexibility index (Phi) is 2.52. The highest BCUT2D eigenvalue weighted by Gasteiger charge is 2.38. The topological polar surface area (TPSA) is 36.4 Å². The molecule has 3 nitrogen and oxygen atoms in total. The average Bonchev–Trinajstić information content (AvgIpc) is 2.17. The second-order valence-corrected chi connectivity index (χ2v) is 4.08. The summed E-state index contributed by atoms with van der Waals surface area (Å²) in [5.74, 6) is 0. The van der Waals surface area contributed by atoms with E-state index in [4.69, 9.17) is 0 Å². The average molecular weight is 192 g/mol. The fourth-order valence-corrected chi connectivity index (χ4v) is 1.87. The normalized spacial score (nSPS) is 20.4. The van der Waals surface area contributed by atoms with Crippen LogP contribution in [-0.4, -0.2) is 33.7 Å². The van der Waals surface area contributed by atoms with E-state index < -0.39 is 5.60 Å². The van der Waals surface area contributed by atoms with Gasteiger partial charge in [-0.2, -0.15) is 0 Å². The van der Waals surface area contributed by atoms with Gasteiger partial charge in [-0.25, -0.2) is 0 Å². The second-order valence-electron chi connectivity index (χ2n) is 4.08. The van der Waals surface area contributed by atoms with Gasteiger partial charge in [-0.15, -0.1) is 0 Å². The van der Waals surface area contributed by atoms with Gasteiger partial charge < -0.3 is 5.11 Å². The third kappa shape index (κ3) is 1.94. The molecule has 3 heteroatoms. The number of likely N-dealkylation sites (tertiary alicyclic amines) is 1. The first kappa shape index (κ1) is 9.62. The number of aliphatic hydroxyl groups is 1. The van der Waals surface area contributed by atoms with Crippen molar-refractivity contribution in [1.82, 2.24) is 9.88 Å². The summed E-state index contributed by atoms with van der Waals surface area (Å²) in [5, 5.41) is 9.81. The molecule has 2 rings (SSSR count). The molecule has 2 heterocycles. The molecule has 0 aliphatic carbocycles. The van der Waals surface area contributed by atoms with E-state index in [1.165, 1.54) is 5.56 Å². The Labute approximate surface area is 84.4 Å². The summed E-state index contributed by atoms with van der Waals surface area (Å²) in [6, 6.07) is 4.01. The van der Waals surface area contributed by atoms with Gasteiger partial charge in [-0.3, -0.25) is 9.88 Å². The highest BCUT2D eigenvalue weighted by molar-refractivity contribution is 5.10. The van der Waals surface area contributed by atoms with Crippen LogP contribution in [0.15, 0.2) is 24.5 Å². The van der Waals surface area contributed by atoms with E-state index in [0.717, 1.165) is 26.1 Å². The quantitative estimate of drug-likeness (QED) is 0.777. The lowest BCUT2D eigenvalue weighted by molar-refractivity contribution is -0.103. The van der Waals surface area contributed by atoms with Crippen LogP contribution in [0, 0.1) is 0 Å². The van der Waals surface area contributed by atoms with Crippen LogP contribution in [0.2, 0.25) is 0 Å². The van der Waals surface area contributed by atoms with E-state index in [-0.39, 0.29) is 0 Å². The predicted molar refractivity (Wildman–Crippen MR) is 54.8 cm³/mol.